The zero-order valence-electron chi connectivity index (χ0n) is 12.6. The van der Waals surface area contributed by atoms with Crippen molar-refractivity contribution in [2.45, 2.75) is 45.4 Å². The van der Waals surface area contributed by atoms with Crippen LogP contribution < -0.4 is 10.6 Å². The minimum atomic E-state index is 0. The predicted molar refractivity (Wildman–Crippen MR) is 83.2 cm³/mol. The molecule has 1 unspecified atom stereocenters. The van der Waals surface area contributed by atoms with Crippen molar-refractivity contribution < 1.29 is 9.53 Å². The molecular formula is C15H29ClN2O2. The van der Waals surface area contributed by atoms with Gasteiger partial charge in [0.15, 0.2) is 0 Å². The summed E-state index contributed by atoms with van der Waals surface area (Å²) in [4.78, 5) is 12.1. The van der Waals surface area contributed by atoms with Crippen molar-refractivity contribution in [3.8, 4) is 0 Å². The van der Waals surface area contributed by atoms with Crippen LogP contribution in [0.1, 0.15) is 45.4 Å². The second-order valence-electron chi connectivity index (χ2n) is 6.06. The molecular weight excluding hydrogens is 276 g/mol. The number of ether oxygens (including phenoxy) is 1. The van der Waals surface area contributed by atoms with E-state index in [4.69, 9.17) is 4.74 Å². The molecule has 1 heterocycles. The van der Waals surface area contributed by atoms with Gasteiger partial charge in [-0.3, -0.25) is 4.79 Å². The molecule has 4 nitrogen and oxygen atoms in total. The van der Waals surface area contributed by atoms with Gasteiger partial charge in [0.1, 0.15) is 0 Å². The lowest BCUT2D eigenvalue weighted by Crippen LogP contribution is -2.47. The van der Waals surface area contributed by atoms with E-state index in [1.807, 2.05) is 6.92 Å². The third kappa shape index (κ3) is 4.90. The van der Waals surface area contributed by atoms with Crippen molar-refractivity contribution in [2.24, 2.45) is 11.3 Å². The zero-order valence-corrected chi connectivity index (χ0v) is 13.4. The summed E-state index contributed by atoms with van der Waals surface area (Å²) in [6.45, 7) is 6.40. The van der Waals surface area contributed by atoms with E-state index < -0.39 is 0 Å². The van der Waals surface area contributed by atoms with Crippen LogP contribution in [0.15, 0.2) is 0 Å². The van der Waals surface area contributed by atoms with Gasteiger partial charge < -0.3 is 15.4 Å². The maximum absolute atomic E-state index is 12.1. The third-order valence-electron chi connectivity index (χ3n) is 4.70. The number of nitrogens with one attached hydrogen (secondary N) is 2. The predicted octanol–water partition coefficient (Wildman–Crippen LogP) is 2.12. The molecule has 1 saturated heterocycles. The van der Waals surface area contributed by atoms with Crippen molar-refractivity contribution >= 4 is 18.3 Å². The van der Waals surface area contributed by atoms with E-state index in [0.29, 0.717) is 5.41 Å². The highest BCUT2D eigenvalue weighted by Gasteiger charge is 2.37. The summed E-state index contributed by atoms with van der Waals surface area (Å²) in [6, 6.07) is 0. The summed E-state index contributed by atoms with van der Waals surface area (Å²) < 4.78 is 5.47. The number of hydrogen-bond donors (Lipinski definition) is 2. The van der Waals surface area contributed by atoms with Crippen LogP contribution in [0.25, 0.3) is 0 Å². The molecule has 2 fully saturated rings. The van der Waals surface area contributed by atoms with E-state index in [1.54, 1.807) is 0 Å². The highest BCUT2D eigenvalue weighted by Crippen LogP contribution is 2.43. The van der Waals surface area contributed by atoms with Gasteiger partial charge in [0.05, 0.1) is 5.92 Å². The Hall–Kier alpha value is -0.320. The minimum absolute atomic E-state index is 0. The molecule has 118 valence electrons. The van der Waals surface area contributed by atoms with Crippen LogP contribution in [0.5, 0.6) is 0 Å². The van der Waals surface area contributed by atoms with Gasteiger partial charge in [-0.05, 0) is 51.0 Å². The van der Waals surface area contributed by atoms with Crippen molar-refractivity contribution in [1.82, 2.24) is 10.6 Å². The van der Waals surface area contributed by atoms with E-state index in [1.165, 1.54) is 19.3 Å². The van der Waals surface area contributed by atoms with Crippen molar-refractivity contribution in [3.05, 3.63) is 0 Å². The van der Waals surface area contributed by atoms with E-state index in [-0.39, 0.29) is 24.2 Å². The number of halogens is 1. The number of carbonyl (C=O) groups excluding carboxylic acids is 1. The van der Waals surface area contributed by atoms with E-state index in [0.717, 1.165) is 52.1 Å². The lowest BCUT2D eigenvalue weighted by Gasteiger charge is -2.42. The van der Waals surface area contributed by atoms with Crippen molar-refractivity contribution in [1.29, 1.82) is 0 Å². The monoisotopic (exact) mass is 304 g/mol. The molecule has 1 aliphatic heterocycles. The molecule has 20 heavy (non-hydrogen) atoms. The van der Waals surface area contributed by atoms with E-state index in [2.05, 4.69) is 10.6 Å². The Morgan fingerprint density at radius 1 is 1.40 bits per heavy atom. The lowest BCUT2D eigenvalue weighted by atomic mass is 9.66. The Labute approximate surface area is 128 Å². The first kappa shape index (κ1) is 17.7. The van der Waals surface area contributed by atoms with E-state index >= 15 is 0 Å². The Bertz CT molecular complexity index is 290. The van der Waals surface area contributed by atoms with Crippen molar-refractivity contribution in [2.75, 3.05) is 32.8 Å². The van der Waals surface area contributed by atoms with Crippen LogP contribution in [-0.2, 0) is 9.53 Å². The first-order valence-corrected chi connectivity index (χ1v) is 7.82. The molecule has 1 atom stereocenters. The van der Waals surface area contributed by atoms with Crippen LogP contribution in [-0.4, -0.2) is 38.8 Å². The minimum Gasteiger partial charge on any atom is -0.382 e. The maximum Gasteiger partial charge on any atom is 0.224 e. The van der Waals surface area contributed by atoms with Gasteiger partial charge in [0.2, 0.25) is 5.91 Å². The smallest absolute Gasteiger partial charge is 0.224 e. The zero-order chi connectivity index (χ0) is 13.6. The summed E-state index contributed by atoms with van der Waals surface area (Å²) in [5.41, 5.74) is 0.326. The first-order chi connectivity index (χ1) is 9.26. The van der Waals surface area contributed by atoms with Gasteiger partial charge in [0.25, 0.3) is 0 Å². The molecule has 5 heteroatoms. The Morgan fingerprint density at radius 3 is 2.75 bits per heavy atom. The second kappa shape index (κ2) is 8.85. The van der Waals surface area contributed by atoms with Crippen LogP contribution in [0, 0.1) is 11.3 Å². The molecule has 1 saturated carbocycles. The van der Waals surface area contributed by atoms with Crippen LogP contribution in [0.4, 0.5) is 0 Å². The molecule has 0 spiro atoms. The molecule has 2 aliphatic rings. The van der Waals surface area contributed by atoms with Crippen LogP contribution >= 0.6 is 12.4 Å². The SMILES string of the molecule is CCOCCC1(CNC(=O)C2CCCNC2)CCC1.Cl. The summed E-state index contributed by atoms with van der Waals surface area (Å²) in [6.07, 6.45) is 7.02. The average molecular weight is 305 g/mol. The summed E-state index contributed by atoms with van der Waals surface area (Å²) >= 11 is 0. The topological polar surface area (TPSA) is 50.4 Å². The van der Waals surface area contributed by atoms with Gasteiger partial charge in [-0.25, -0.2) is 0 Å². The molecule has 0 aromatic heterocycles. The summed E-state index contributed by atoms with van der Waals surface area (Å²) in [5.74, 6) is 0.424. The Kier molecular flexibility index (Phi) is 7.85. The van der Waals surface area contributed by atoms with Crippen molar-refractivity contribution in [3.63, 3.8) is 0 Å². The Morgan fingerprint density at radius 2 is 2.20 bits per heavy atom. The summed E-state index contributed by atoms with van der Waals surface area (Å²) in [5, 5.41) is 6.49. The molecule has 1 amide bonds. The van der Waals surface area contributed by atoms with Gasteiger partial charge >= 0.3 is 0 Å². The number of carbonyl (C=O) groups is 1. The summed E-state index contributed by atoms with van der Waals surface area (Å²) in [7, 11) is 0. The molecule has 0 aromatic carbocycles. The molecule has 2 rings (SSSR count). The highest BCUT2D eigenvalue weighted by atomic mass is 35.5. The van der Waals surface area contributed by atoms with E-state index in [9.17, 15) is 4.79 Å². The van der Waals surface area contributed by atoms with Crippen LogP contribution in [0.2, 0.25) is 0 Å². The van der Waals surface area contributed by atoms with Gasteiger partial charge in [-0.15, -0.1) is 12.4 Å². The fraction of sp³-hybridized carbons (Fsp3) is 0.933. The fourth-order valence-electron chi connectivity index (χ4n) is 3.12. The van der Waals surface area contributed by atoms with Crippen LogP contribution in [0.3, 0.4) is 0 Å². The maximum atomic E-state index is 12.1. The molecule has 1 aliphatic carbocycles. The fourth-order valence-corrected chi connectivity index (χ4v) is 3.12. The average Bonchev–Trinajstić information content (AvgIpc) is 2.41. The molecule has 2 N–H and O–H groups in total. The van der Waals surface area contributed by atoms with Gasteiger partial charge in [0, 0.05) is 26.3 Å². The lowest BCUT2D eigenvalue weighted by molar-refractivity contribution is -0.126. The quantitative estimate of drug-likeness (QED) is 0.708. The third-order valence-corrected chi connectivity index (χ3v) is 4.70. The Balaban J connectivity index is 0.00000200. The first-order valence-electron chi connectivity index (χ1n) is 7.82. The second-order valence-corrected chi connectivity index (χ2v) is 6.06. The molecule has 0 radical (unpaired) electrons. The number of rotatable bonds is 7. The highest BCUT2D eigenvalue weighted by molar-refractivity contribution is 5.85. The standard InChI is InChI=1S/C15H28N2O2.ClH/c1-2-19-10-8-15(6-4-7-15)12-17-14(18)13-5-3-9-16-11-13;/h13,16H,2-12H2,1H3,(H,17,18);1H. The van der Waals surface area contributed by atoms with Gasteiger partial charge in [-0.2, -0.15) is 0 Å². The number of piperidine rings is 1. The molecule has 0 bridgehead atoms. The number of amides is 1. The van der Waals surface area contributed by atoms with Gasteiger partial charge in [-0.1, -0.05) is 6.42 Å². The largest absolute Gasteiger partial charge is 0.382 e. The number of hydrogen-bond acceptors (Lipinski definition) is 3. The molecule has 0 aromatic rings. The normalized spacial score (nSPS) is 24.4.